The highest BCUT2D eigenvalue weighted by atomic mass is 16.5. The van der Waals surface area contributed by atoms with E-state index in [2.05, 4.69) is 65.6 Å². The Hall–Kier alpha value is -3.07. The van der Waals surface area contributed by atoms with Crippen LogP contribution in [-0.4, -0.2) is 30.5 Å². The van der Waals surface area contributed by atoms with Crippen LogP contribution in [-0.2, 0) is 11.2 Å². The Morgan fingerprint density at radius 2 is 1.52 bits per heavy atom. The molecule has 1 fully saturated rings. The predicted octanol–water partition coefficient (Wildman–Crippen LogP) is 5.84. The van der Waals surface area contributed by atoms with E-state index in [1.54, 1.807) is 7.11 Å². The topological polar surface area (TPSA) is 29.5 Å². The normalized spacial score (nSPS) is 16.3. The van der Waals surface area contributed by atoms with Crippen LogP contribution in [0.3, 0.4) is 0 Å². The van der Waals surface area contributed by atoms with E-state index in [9.17, 15) is 4.79 Å². The average molecular weight is 414 g/mol. The molecule has 1 aliphatic heterocycles. The molecule has 3 aromatic rings. The van der Waals surface area contributed by atoms with Crippen LogP contribution >= 0.6 is 0 Å². The van der Waals surface area contributed by atoms with Gasteiger partial charge in [0.2, 0.25) is 5.91 Å². The van der Waals surface area contributed by atoms with E-state index in [1.807, 2.05) is 24.3 Å². The fraction of sp³-hybridized carbons (Fsp3) is 0.321. The number of carbonyl (C=O) groups is 1. The Kier molecular flexibility index (Phi) is 7.03. The monoisotopic (exact) mass is 413 g/mol. The van der Waals surface area contributed by atoms with Gasteiger partial charge in [0.05, 0.1) is 13.5 Å². The Morgan fingerprint density at radius 1 is 0.903 bits per heavy atom. The lowest BCUT2D eigenvalue weighted by Crippen LogP contribution is -2.45. The molecule has 0 saturated carbocycles. The number of amides is 1. The van der Waals surface area contributed by atoms with Gasteiger partial charge in [0.15, 0.2) is 0 Å². The molecule has 1 aliphatic rings. The number of para-hydroxylation sites is 1. The molecule has 3 aromatic carbocycles. The van der Waals surface area contributed by atoms with Gasteiger partial charge in [-0.25, -0.2) is 0 Å². The Labute approximate surface area is 185 Å². The molecule has 31 heavy (non-hydrogen) atoms. The van der Waals surface area contributed by atoms with E-state index in [0.717, 1.165) is 37.1 Å². The second-order valence-electron chi connectivity index (χ2n) is 8.34. The summed E-state index contributed by atoms with van der Waals surface area (Å²) in [7, 11) is 1.66. The number of piperidine rings is 1. The maximum absolute atomic E-state index is 13.4. The zero-order valence-electron chi connectivity index (χ0n) is 18.2. The maximum Gasteiger partial charge on any atom is 0.227 e. The fourth-order valence-electron chi connectivity index (χ4n) is 4.79. The number of benzene rings is 3. The molecule has 160 valence electrons. The van der Waals surface area contributed by atoms with Crippen molar-refractivity contribution >= 4 is 5.91 Å². The number of nitrogens with zero attached hydrogens (tertiary/aromatic N) is 1. The summed E-state index contributed by atoms with van der Waals surface area (Å²) >= 11 is 0. The molecule has 1 amide bonds. The Balaban J connectivity index is 1.56. The van der Waals surface area contributed by atoms with Crippen LogP contribution in [0.2, 0.25) is 0 Å². The number of ether oxygens (including phenoxy) is 1. The zero-order valence-corrected chi connectivity index (χ0v) is 18.2. The number of hydrogen-bond acceptors (Lipinski definition) is 2. The quantitative estimate of drug-likeness (QED) is 0.487. The minimum atomic E-state index is 0.203. The molecule has 0 N–H and O–H groups in total. The van der Waals surface area contributed by atoms with Gasteiger partial charge in [-0.05, 0) is 42.9 Å². The van der Waals surface area contributed by atoms with Crippen molar-refractivity contribution in [2.24, 2.45) is 0 Å². The molecule has 0 aliphatic carbocycles. The van der Waals surface area contributed by atoms with E-state index < -0.39 is 0 Å². The van der Waals surface area contributed by atoms with E-state index in [1.165, 1.54) is 17.5 Å². The molecule has 3 nitrogen and oxygen atoms in total. The highest BCUT2D eigenvalue weighted by molar-refractivity contribution is 5.80. The van der Waals surface area contributed by atoms with Crippen molar-refractivity contribution in [1.82, 2.24) is 4.90 Å². The second kappa shape index (κ2) is 10.3. The van der Waals surface area contributed by atoms with Crippen molar-refractivity contribution < 1.29 is 9.53 Å². The fourth-order valence-corrected chi connectivity index (χ4v) is 4.79. The van der Waals surface area contributed by atoms with Gasteiger partial charge in [0, 0.05) is 24.1 Å². The van der Waals surface area contributed by atoms with Crippen LogP contribution in [0.4, 0.5) is 0 Å². The molecule has 1 heterocycles. The molecule has 0 spiro atoms. The number of rotatable bonds is 7. The third-order valence-corrected chi connectivity index (χ3v) is 6.39. The van der Waals surface area contributed by atoms with E-state index in [0.29, 0.717) is 6.42 Å². The summed E-state index contributed by atoms with van der Waals surface area (Å²) in [5, 5.41) is 0. The molecule has 1 saturated heterocycles. The average Bonchev–Trinajstić information content (AvgIpc) is 2.84. The number of carbonyl (C=O) groups excluding carboxylic acids is 1. The first kappa shape index (κ1) is 21.2. The first-order valence-corrected chi connectivity index (χ1v) is 11.3. The van der Waals surface area contributed by atoms with Crippen LogP contribution in [0.15, 0.2) is 84.9 Å². The highest BCUT2D eigenvalue weighted by Crippen LogP contribution is 2.34. The molecule has 3 heteroatoms. The number of methoxy groups -OCH3 is 1. The zero-order chi connectivity index (χ0) is 21.5. The molecule has 0 aromatic heterocycles. The van der Waals surface area contributed by atoms with E-state index in [4.69, 9.17) is 4.74 Å². The first-order valence-electron chi connectivity index (χ1n) is 11.3. The van der Waals surface area contributed by atoms with Crippen LogP contribution in [0, 0.1) is 0 Å². The highest BCUT2D eigenvalue weighted by Gasteiger charge is 2.30. The number of likely N-dealkylation sites (tertiary alicyclic amines) is 1. The molecule has 1 atom stereocenters. The lowest BCUT2D eigenvalue weighted by atomic mass is 9.83. The van der Waals surface area contributed by atoms with Crippen molar-refractivity contribution in [1.29, 1.82) is 0 Å². The lowest BCUT2D eigenvalue weighted by molar-refractivity contribution is -0.134. The van der Waals surface area contributed by atoms with Crippen molar-refractivity contribution in [2.45, 2.75) is 44.1 Å². The summed E-state index contributed by atoms with van der Waals surface area (Å²) in [5.74, 6) is 1.27. The maximum atomic E-state index is 13.4. The molecular weight excluding hydrogens is 382 g/mol. The van der Waals surface area contributed by atoms with Crippen LogP contribution in [0.1, 0.15) is 48.3 Å². The third-order valence-electron chi connectivity index (χ3n) is 6.39. The third kappa shape index (κ3) is 5.16. The summed E-state index contributed by atoms with van der Waals surface area (Å²) < 4.78 is 5.47. The van der Waals surface area contributed by atoms with Crippen LogP contribution in [0.25, 0.3) is 0 Å². The summed E-state index contributed by atoms with van der Waals surface area (Å²) in [6.45, 7) is 0.842. The predicted molar refractivity (Wildman–Crippen MR) is 125 cm³/mol. The van der Waals surface area contributed by atoms with Gasteiger partial charge in [0.25, 0.3) is 0 Å². The minimum absolute atomic E-state index is 0.203. The Bertz CT molecular complexity index is 931. The van der Waals surface area contributed by atoms with Crippen molar-refractivity contribution in [2.75, 3.05) is 13.7 Å². The standard InChI is InChI=1S/C28H31NO2/c1-31-27-18-9-8-16-24(27)20-28(30)29-19-11-10-17-25(29)21-26(22-12-4-2-5-13-22)23-14-6-3-7-15-23/h2-9,12-16,18,25-26H,10-11,17,19-21H2,1H3. The molecule has 1 unspecified atom stereocenters. The molecule has 4 rings (SSSR count). The second-order valence-corrected chi connectivity index (χ2v) is 8.34. The minimum Gasteiger partial charge on any atom is -0.496 e. The van der Waals surface area contributed by atoms with Crippen molar-refractivity contribution in [3.05, 3.63) is 102 Å². The summed E-state index contributed by atoms with van der Waals surface area (Å²) in [6, 6.07) is 29.5. The molecule has 0 bridgehead atoms. The lowest BCUT2D eigenvalue weighted by Gasteiger charge is -2.38. The van der Waals surface area contributed by atoms with E-state index in [-0.39, 0.29) is 17.9 Å². The van der Waals surface area contributed by atoms with Crippen molar-refractivity contribution in [3.8, 4) is 5.75 Å². The molecule has 0 radical (unpaired) electrons. The van der Waals surface area contributed by atoms with E-state index >= 15 is 0 Å². The smallest absolute Gasteiger partial charge is 0.227 e. The Morgan fingerprint density at radius 3 is 2.16 bits per heavy atom. The number of hydrogen-bond donors (Lipinski definition) is 0. The molecular formula is C28H31NO2. The van der Waals surface area contributed by atoms with Gasteiger partial charge >= 0.3 is 0 Å². The van der Waals surface area contributed by atoms with Crippen LogP contribution in [0.5, 0.6) is 5.75 Å². The summed E-state index contributed by atoms with van der Waals surface area (Å²) in [4.78, 5) is 15.5. The summed E-state index contributed by atoms with van der Waals surface area (Å²) in [6.07, 6.45) is 4.66. The van der Waals surface area contributed by atoms with Gasteiger partial charge in [-0.1, -0.05) is 78.9 Å². The van der Waals surface area contributed by atoms with Crippen molar-refractivity contribution in [3.63, 3.8) is 0 Å². The van der Waals surface area contributed by atoms with Gasteiger partial charge in [-0.3, -0.25) is 4.79 Å². The van der Waals surface area contributed by atoms with Gasteiger partial charge in [0.1, 0.15) is 5.75 Å². The van der Waals surface area contributed by atoms with Gasteiger partial charge < -0.3 is 9.64 Å². The first-order chi connectivity index (χ1) is 15.3. The van der Waals surface area contributed by atoms with Gasteiger partial charge in [-0.2, -0.15) is 0 Å². The van der Waals surface area contributed by atoms with Crippen LogP contribution < -0.4 is 4.74 Å². The summed E-state index contributed by atoms with van der Waals surface area (Å²) in [5.41, 5.74) is 3.59. The largest absolute Gasteiger partial charge is 0.496 e. The SMILES string of the molecule is COc1ccccc1CC(=O)N1CCCCC1CC(c1ccccc1)c1ccccc1. The van der Waals surface area contributed by atoms with Gasteiger partial charge in [-0.15, -0.1) is 0 Å².